The van der Waals surface area contributed by atoms with Gasteiger partial charge in [0.15, 0.2) is 0 Å². The van der Waals surface area contributed by atoms with E-state index in [9.17, 15) is 0 Å². The number of allylic oxidation sites excluding steroid dienone is 2. The number of nitrogens with zero attached hydrogens (tertiary/aromatic N) is 2. The maximum Gasteiger partial charge on any atom is 0.244 e. The number of benzene rings is 5. The third-order valence-electron chi connectivity index (χ3n) is 11.4. The maximum atomic E-state index is 2.57. The van der Waals surface area contributed by atoms with Crippen LogP contribution in [0.15, 0.2) is 143 Å². The third kappa shape index (κ3) is 5.09. The van der Waals surface area contributed by atoms with Gasteiger partial charge in [-0.15, -0.1) is 0 Å². The molecule has 0 saturated carbocycles. The van der Waals surface area contributed by atoms with Crippen molar-refractivity contribution in [2.24, 2.45) is 0 Å². The van der Waals surface area contributed by atoms with E-state index in [2.05, 4.69) is 185 Å². The van der Waals surface area contributed by atoms with Crippen molar-refractivity contribution < 1.29 is 0 Å². The molecule has 0 radical (unpaired) electrons. The van der Waals surface area contributed by atoms with Crippen molar-refractivity contribution >= 4 is 57.3 Å². The number of para-hydroxylation sites is 2. The summed E-state index contributed by atoms with van der Waals surface area (Å²) >= 11 is 1.94. The van der Waals surface area contributed by atoms with Crippen molar-refractivity contribution in [2.75, 3.05) is 4.90 Å². The smallest absolute Gasteiger partial charge is 0.244 e. The predicted octanol–water partition coefficient (Wildman–Crippen LogP) is 10.7. The normalized spacial score (nSPS) is 17.4. The molecule has 51 heavy (non-hydrogen) atoms. The fourth-order valence-corrected chi connectivity index (χ4v) is 10.1. The Morgan fingerprint density at radius 3 is 2.02 bits per heavy atom. The molecule has 0 amide bonds. The van der Waals surface area contributed by atoms with Crippen LogP contribution in [0.3, 0.4) is 0 Å². The Bertz CT molecular complexity index is 2330. The van der Waals surface area contributed by atoms with Crippen LogP contribution >= 0.6 is 11.8 Å². The van der Waals surface area contributed by atoms with Gasteiger partial charge in [0.1, 0.15) is 5.82 Å². The molecule has 2 unspecified atom stereocenters. The largest absolute Gasteiger partial charge is 0.319 e. The van der Waals surface area contributed by atoms with Gasteiger partial charge < -0.3 is 4.90 Å². The highest BCUT2D eigenvalue weighted by atomic mass is 32.2. The first-order valence-corrected chi connectivity index (χ1v) is 19.5. The predicted molar refractivity (Wildman–Crippen MR) is 221 cm³/mol. The van der Waals surface area contributed by atoms with Crippen molar-refractivity contribution in [1.82, 2.24) is 4.57 Å². The van der Waals surface area contributed by atoms with Crippen LogP contribution in [0.5, 0.6) is 0 Å². The van der Waals surface area contributed by atoms with E-state index < -0.39 is 0 Å². The van der Waals surface area contributed by atoms with Crippen LogP contribution in [0.2, 0.25) is 0 Å². The lowest BCUT2D eigenvalue weighted by Crippen LogP contribution is -2.57. The van der Waals surface area contributed by atoms with Gasteiger partial charge in [-0.25, -0.2) is 0 Å². The van der Waals surface area contributed by atoms with Gasteiger partial charge in [0.05, 0.1) is 11.6 Å². The molecule has 6 aromatic rings. The van der Waals surface area contributed by atoms with E-state index in [1.54, 1.807) is 0 Å². The Kier molecular flexibility index (Phi) is 7.92. The zero-order valence-electron chi connectivity index (χ0n) is 30.5. The molecular formula is C47H45BN2S. The summed E-state index contributed by atoms with van der Waals surface area (Å²) in [7, 11) is 0. The van der Waals surface area contributed by atoms with Gasteiger partial charge in [-0.1, -0.05) is 167 Å². The summed E-state index contributed by atoms with van der Waals surface area (Å²) in [4.78, 5) is 5.28. The van der Waals surface area contributed by atoms with E-state index >= 15 is 0 Å². The molecule has 252 valence electrons. The Hall–Kier alpha value is -4.67. The molecule has 3 aliphatic rings. The Morgan fingerprint density at radius 2 is 1.27 bits per heavy atom. The number of aromatic nitrogens is 1. The third-order valence-corrected chi connectivity index (χ3v) is 12.5. The average Bonchev–Trinajstić information content (AvgIpc) is 3.66. The molecule has 1 aromatic heterocycles. The van der Waals surface area contributed by atoms with E-state index in [1.807, 2.05) is 11.8 Å². The lowest BCUT2D eigenvalue weighted by molar-refractivity contribution is 0.741. The number of anilines is 2. The van der Waals surface area contributed by atoms with Crippen LogP contribution < -0.4 is 21.3 Å². The van der Waals surface area contributed by atoms with Gasteiger partial charge in [-0.05, 0) is 70.8 Å². The molecule has 0 spiro atoms. The summed E-state index contributed by atoms with van der Waals surface area (Å²) < 4.78 is 2.55. The first-order valence-electron chi connectivity index (χ1n) is 18.7. The molecule has 0 saturated heterocycles. The summed E-state index contributed by atoms with van der Waals surface area (Å²) in [6.07, 6.45) is 9.22. The molecule has 2 nitrogen and oxygen atoms in total. The topological polar surface area (TPSA) is 8.17 Å². The van der Waals surface area contributed by atoms with E-state index in [-0.39, 0.29) is 18.7 Å². The van der Waals surface area contributed by atoms with Gasteiger partial charge in [0, 0.05) is 38.0 Å². The van der Waals surface area contributed by atoms with Crippen LogP contribution in [0.1, 0.15) is 87.5 Å². The maximum absolute atomic E-state index is 2.57. The molecule has 4 heteroatoms. The number of hydrogen-bond acceptors (Lipinski definition) is 2. The zero-order chi connectivity index (χ0) is 35.0. The van der Waals surface area contributed by atoms with E-state index in [4.69, 9.17) is 0 Å². The monoisotopic (exact) mass is 680 g/mol. The Balaban J connectivity index is 1.29. The van der Waals surface area contributed by atoms with E-state index in [1.165, 1.54) is 76.5 Å². The molecule has 0 bridgehead atoms. The molecule has 0 fully saturated rings. The molecule has 0 N–H and O–H groups in total. The highest BCUT2D eigenvalue weighted by Crippen LogP contribution is 2.53. The van der Waals surface area contributed by atoms with Crippen LogP contribution in [-0.4, -0.2) is 17.3 Å². The molecule has 1 aliphatic carbocycles. The zero-order valence-corrected chi connectivity index (χ0v) is 31.3. The van der Waals surface area contributed by atoms with Gasteiger partial charge in [0.2, 0.25) is 6.71 Å². The summed E-state index contributed by atoms with van der Waals surface area (Å²) in [6.45, 7) is 14.3. The second kappa shape index (κ2) is 12.5. The molecule has 3 heterocycles. The van der Waals surface area contributed by atoms with Crippen LogP contribution in [0.4, 0.5) is 11.5 Å². The molecule has 2 aliphatic heterocycles. The van der Waals surface area contributed by atoms with Gasteiger partial charge >= 0.3 is 0 Å². The second-order valence-electron chi connectivity index (χ2n) is 15.5. The molecule has 2 atom stereocenters. The Morgan fingerprint density at radius 1 is 0.608 bits per heavy atom. The Labute approximate surface area is 308 Å². The van der Waals surface area contributed by atoms with Crippen molar-refractivity contribution in [1.29, 1.82) is 0 Å². The van der Waals surface area contributed by atoms with Crippen LogP contribution in [-0.2, 0) is 0 Å². The number of rotatable bonds is 6. The number of hydrogen-bond donors (Lipinski definition) is 0. The quantitative estimate of drug-likeness (QED) is 0.162. The summed E-state index contributed by atoms with van der Waals surface area (Å²) in [5, 5.41) is 1.34. The highest BCUT2D eigenvalue weighted by Gasteiger charge is 2.43. The fraction of sp³-hybridized carbons (Fsp3) is 0.234. The van der Waals surface area contributed by atoms with Gasteiger partial charge in [-0.3, -0.25) is 4.57 Å². The standard InChI is InChI=1S/C47H45BN2S/c1-29(2)32-26-37(30(3)4)46(38(27-32)31(5)6)48-39-20-12-15-23-43(39)51-44-28-34(24-25-40(44)48)50-42-22-14-11-19-36(42)45-35-18-10-13-21-41(35)49(47(45)50)33-16-8-7-9-17-33/h7-31,35,41H,1-6H3. The minimum absolute atomic E-state index is 0.175. The average molecular weight is 681 g/mol. The summed E-state index contributed by atoms with van der Waals surface area (Å²) in [5.74, 6) is 2.90. The van der Waals surface area contributed by atoms with Crippen molar-refractivity contribution in [3.8, 4) is 5.69 Å². The molecule has 9 rings (SSSR count). The van der Waals surface area contributed by atoms with Crippen LogP contribution in [0.25, 0.3) is 16.6 Å². The van der Waals surface area contributed by atoms with E-state index in [0.29, 0.717) is 17.8 Å². The minimum atomic E-state index is 0.175. The molecular weight excluding hydrogens is 635 g/mol. The van der Waals surface area contributed by atoms with Gasteiger partial charge in [0.25, 0.3) is 0 Å². The summed E-state index contributed by atoms with van der Waals surface area (Å²) in [6, 6.07) is 41.7. The van der Waals surface area contributed by atoms with Crippen molar-refractivity contribution in [2.45, 2.75) is 81.0 Å². The lowest BCUT2D eigenvalue weighted by Gasteiger charge is -2.33. The van der Waals surface area contributed by atoms with Crippen LogP contribution in [0, 0.1) is 0 Å². The van der Waals surface area contributed by atoms with Gasteiger partial charge in [-0.2, -0.15) is 0 Å². The minimum Gasteiger partial charge on any atom is -0.319 e. The fourth-order valence-electron chi connectivity index (χ4n) is 8.96. The van der Waals surface area contributed by atoms with Crippen molar-refractivity contribution in [3.63, 3.8) is 0 Å². The SMILES string of the molecule is CC(C)c1cc(C(C)C)c(B2c3ccccc3Sc3cc(-n4c5c(c6ccccc64)C4C=CC=CC4N5c4ccccc4)ccc32)c(C(C)C)c1. The van der Waals surface area contributed by atoms with E-state index in [0.717, 1.165) is 0 Å². The first kappa shape index (κ1) is 32.3. The second-order valence-corrected chi connectivity index (χ2v) is 16.5. The number of fused-ring (bicyclic) bond motifs is 7. The lowest BCUT2D eigenvalue weighted by atomic mass is 9.34. The first-order chi connectivity index (χ1) is 24.8. The highest BCUT2D eigenvalue weighted by molar-refractivity contribution is 8.00. The molecule has 5 aromatic carbocycles. The van der Waals surface area contributed by atoms with Crippen molar-refractivity contribution in [3.05, 3.63) is 156 Å². The summed E-state index contributed by atoms with van der Waals surface area (Å²) in [5.41, 5.74) is 13.9.